The van der Waals surface area contributed by atoms with Gasteiger partial charge in [0.1, 0.15) is 0 Å². The summed E-state index contributed by atoms with van der Waals surface area (Å²) in [5.41, 5.74) is 0.569. The van der Waals surface area contributed by atoms with Crippen LogP contribution in [-0.2, 0) is 14.3 Å². The molecule has 0 aliphatic carbocycles. The van der Waals surface area contributed by atoms with E-state index in [1.54, 1.807) is 6.92 Å². The van der Waals surface area contributed by atoms with Crippen molar-refractivity contribution in [1.82, 2.24) is 5.32 Å². The van der Waals surface area contributed by atoms with Crippen LogP contribution in [0.3, 0.4) is 0 Å². The number of carbonyl (C=O) groups excluding carboxylic acids is 2. The molecule has 0 aliphatic rings. The molecule has 1 N–H and O–H groups in total. The molecular weight excluding hydrogens is 547 g/mol. The Hall–Kier alpha value is -2.44. The number of thioether (sulfide) groups is 2. The first kappa shape index (κ1) is 36.6. The second-order valence-electron chi connectivity index (χ2n) is 10.3. The summed E-state index contributed by atoms with van der Waals surface area (Å²) in [4.78, 5) is 25.4. The van der Waals surface area contributed by atoms with Gasteiger partial charge in [0.2, 0.25) is 5.91 Å². The molecule has 0 unspecified atom stereocenters. The van der Waals surface area contributed by atoms with Crippen molar-refractivity contribution >= 4 is 35.4 Å². The van der Waals surface area contributed by atoms with Crippen molar-refractivity contribution in [3.63, 3.8) is 0 Å². The van der Waals surface area contributed by atoms with Gasteiger partial charge in [0.25, 0.3) is 0 Å². The van der Waals surface area contributed by atoms with E-state index >= 15 is 0 Å². The van der Waals surface area contributed by atoms with Gasteiger partial charge in [-0.1, -0.05) is 90.1 Å². The number of benzene rings is 2. The van der Waals surface area contributed by atoms with E-state index in [0.717, 1.165) is 51.4 Å². The molecule has 2 rings (SSSR count). The van der Waals surface area contributed by atoms with Crippen LogP contribution < -0.4 is 5.32 Å². The summed E-state index contributed by atoms with van der Waals surface area (Å²) in [6, 6.07) is 21.0. The second kappa shape index (κ2) is 20.4. The lowest BCUT2D eigenvalue weighted by molar-refractivity contribution is -0.138. The van der Waals surface area contributed by atoms with E-state index < -0.39 is 0 Å². The van der Waals surface area contributed by atoms with E-state index in [1.165, 1.54) is 15.9 Å². The van der Waals surface area contributed by atoms with Gasteiger partial charge < -0.3 is 10.1 Å². The van der Waals surface area contributed by atoms with Crippen LogP contribution in [-0.4, -0.2) is 34.5 Å². The van der Waals surface area contributed by atoms with Gasteiger partial charge in [0.15, 0.2) is 0 Å². The molecule has 41 heavy (non-hydrogen) atoms. The largest absolute Gasteiger partial charge is 0.462 e. The first-order valence-electron chi connectivity index (χ1n) is 14.9. The minimum absolute atomic E-state index is 0.0455. The molecule has 226 valence electrons. The van der Waals surface area contributed by atoms with Gasteiger partial charge in [-0.3, -0.25) is 4.79 Å². The van der Waals surface area contributed by atoms with Gasteiger partial charge in [-0.05, 0) is 69.7 Å². The number of carbonyl (C=O) groups is 2. The predicted octanol–water partition coefficient (Wildman–Crippen LogP) is 9.66. The fourth-order valence-corrected chi connectivity index (χ4v) is 7.54. The maximum atomic E-state index is 11.5. The molecule has 0 atom stereocenters. The lowest BCUT2D eigenvalue weighted by Crippen LogP contribution is -2.32. The van der Waals surface area contributed by atoms with Crippen molar-refractivity contribution in [1.29, 1.82) is 0 Å². The molecule has 0 spiro atoms. The number of ether oxygens (including phenoxy) is 1. The van der Waals surface area contributed by atoms with Crippen LogP contribution in [0.1, 0.15) is 86.0 Å². The fraction of sp³-hybridized carbons (Fsp3) is 0.486. The molecule has 0 saturated carbocycles. The quantitative estimate of drug-likeness (QED) is 0.105. The number of rotatable bonds is 18. The van der Waals surface area contributed by atoms with Crippen LogP contribution in [0.5, 0.6) is 0 Å². The Labute approximate surface area is 258 Å². The number of nitrogens with one attached hydrogen (secondary N) is 1. The zero-order valence-electron chi connectivity index (χ0n) is 25.9. The monoisotopic (exact) mass is 597 g/mol. The molecule has 0 heterocycles. The molecular formula is C35H51NO3S2. The van der Waals surface area contributed by atoms with E-state index in [-0.39, 0.29) is 21.4 Å². The first-order valence-corrected chi connectivity index (χ1v) is 16.5. The van der Waals surface area contributed by atoms with Crippen molar-refractivity contribution in [2.75, 3.05) is 13.2 Å². The average molecular weight is 598 g/mol. The van der Waals surface area contributed by atoms with Crippen molar-refractivity contribution in [2.24, 2.45) is 0 Å². The summed E-state index contributed by atoms with van der Waals surface area (Å²) in [6.45, 7) is 18.9. The minimum atomic E-state index is -0.332. The van der Waals surface area contributed by atoms with Gasteiger partial charge in [0.05, 0.1) is 6.61 Å². The van der Waals surface area contributed by atoms with Crippen molar-refractivity contribution < 1.29 is 14.3 Å². The third-order valence-corrected chi connectivity index (χ3v) is 10.4. The Balaban J connectivity index is 0.000000410. The van der Waals surface area contributed by atoms with E-state index in [4.69, 9.17) is 4.74 Å². The zero-order valence-corrected chi connectivity index (χ0v) is 27.5. The minimum Gasteiger partial charge on any atom is -0.462 e. The van der Waals surface area contributed by atoms with E-state index in [1.807, 2.05) is 35.7 Å². The van der Waals surface area contributed by atoms with Gasteiger partial charge in [-0.15, -0.1) is 23.5 Å². The standard InChI is InChI=1S/C18H26O2S.C17H25NOS/c1-4-12-18(13-5-2,14-15-20-17(19)6-3)21-16-10-8-7-9-11-16;1-5-17(6-2,12-13-18-16(19)14(3)4)20-15-10-8-7-9-11-15/h6-11H,3-5,12-15H2,1-2H3;7-11H,3,5-6,12-13H2,1-2,4H3,(H,18,19). The Morgan fingerprint density at radius 1 is 0.805 bits per heavy atom. The Kier molecular flexibility index (Phi) is 18.2. The van der Waals surface area contributed by atoms with E-state index in [9.17, 15) is 9.59 Å². The molecule has 2 aromatic rings. The van der Waals surface area contributed by atoms with Crippen molar-refractivity contribution in [3.05, 3.63) is 85.5 Å². The van der Waals surface area contributed by atoms with Gasteiger partial charge in [-0.2, -0.15) is 0 Å². The van der Waals surface area contributed by atoms with Crippen LogP contribution in [0.4, 0.5) is 0 Å². The fourth-order valence-electron chi connectivity index (χ4n) is 4.67. The first-order chi connectivity index (χ1) is 19.7. The van der Waals surface area contributed by atoms with Gasteiger partial charge >= 0.3 is 5.97 Å². The summed E-state index contributed by atoms with van der Waals surface area (Å²) in [5.74, 6) is -0.377. The topological polar surface area (TPSA) is 55.4 Å². The Morgan fingerprint density at radius 3 is 1.71 bits per heavy atom. The Morgan fingerprint density at radius 2 is 1.29 bits per heavy atom. The Bertz CT molecular complexity index is 1030. The summed E-state index contributed by atoms with van der Waals surface area (Å²) in [6.07, 6.45) is 9.79. The second-order valence-corrected chi connectivity index (χ2v) is 13.4. The van der Waals surface area contributed by atoms with E-state index in [2.05, 4.69) is 94.7 Å². The predicted molar refractivity (Wildman–Crippen MR) is 179 cm³/mol. The number of hydrogen-bond donors (Lipinski definition) is 1. The van der Waals surface area contributed by atoms with E-state index in [0.29, 0.717) is 18.7 Å². The highest BCUT2D eigenvalue weighted by Gasteiger charge is 2.30. The van der Waals surface area contributed by atoms with Crippen LogP contribution in [0.25, 0.3) is 0 Å². The normalized spacial score (nSPS) is 11.1. The van der Waals surface area contributed by atoms with Crippen LogP contribution in [0.15, 0.2) is 95.3 Å². The number of hydrogen-bond acceptors (Lipinski definition) is 5. The molecule has 1 amide bonds. The molecule has 6 heteroatoms. The molecule has 2 aromatic carbocycles. The highest BCUT2D eigenvalue weighted by Crippen LogP contribution is 2.43. The third-order valence-electron chi connectivity index (χ3n) is 7.08. The molecule has 0 fully saturated rings. The molecule has 0 aliphatic heterocycles. The maximum absolute atomic E-state index is 11.5. The summed E-state index contributed by atoms with van der Waals surface area (Å²) in [7, 11) is 0. The van der Waals surface area contributed by atoms with Crippen LogP contribution >= 0.6 is 23.5 Å². The van der Waals surface area contributed by atoms with Crippen molar-refractivity contribution in [3.8, 4) is 0 Å². The SMILES string of the molecule is C=C(C)C(=O)NCCC(CC)(CC)Sc1ccccc1.C=CC(=O)OCCC(CCC)(CCC)Sc1ccccc1. The highest BCUT2D eigenvalue weighted by molar-refractivity contribution is 8.01. The molecule has 0 bridgehead atoms. The molecule has 0 saturated heterocycles. The van der Waals surface area contributed by atoms with Gasteiger partial charge in [0, 0.05) is 37.5 Å². The van der Waals surface area contributed by atoms with Crippen LogP contribution in [0, 0.1) is 0 Å². The lowest BCUT2D eigenvalue weighted by atomic mass is 9.94. The highest BCUT2D eigenvalue weighted by atomic mass is 32.2. The molecule has 4 nitrogen and oxygen atoms in total. The number of amides is 1. The van der Waals surface area contributed by atoms with Crippen LogP contribution in [0.2, 0.25) is 0 Å². The third kappa shape index (κ3) is 14.3. The average Bonchev–Trinajstić information content (AvgIpc) is 2.98. The zero-order chi connectivity index (χ0) is 30.6. The molecule has 0 aromatic heterocycles. The number of esters is 1. The lowest BCUT2D eigenvalue weighted by Gasteiger charge is -2.33. The van der Waals surface area contributed by atoms with Gasteiger partial charge in [-0.25, -0.2) is 4.79 Å². The molecule has 0 radical (unpaired) electrons. The smallest absolute Gasteiger partial charge is 0.330 e. The maximum Gasteiger partial charge on any atom is 0.330 e. The van der Waals surface area contributed by atoms with Crippen molar-refractivity contribution in [2.45, 2.75) is 105 Å². The summed E-state index contributed by atoms with van der Waals surface area (Å²) in [5, 5.41) is 2.94. The summed E-state index contributed by atoms with van der Waals surface area (Å²) < 4.78 is 5.54. The summed E-state index contributed by atoms with van der Waals surface area (Å²) >= 11 is 3.85.